The molecule has 0 N–H and O–H groups in total. The van der Waals surface area contributed by atoms with Crippen LogP contribution in [-0.4, -0.2) is 12.0 Å². The zero-order chi connectivity index (χ0) is 12.3. The molecule has 88 valence electrons. The molecule has 0 aliphatic heterocycles. The van der Waals surface area contributed by atoms with E-state index in [9.17, 15) is 0 Å². The molecule has 0 saturated heterocycles. The van der Waals surface area contributed by atoms with E-state index in [4.69, 9.17) is 4.74 Å². The van der Waals surface area contributed by atoms with Crippen molar-refractivity contribution in [3.8, 4) is 0 Å². The molecule has 0 heterocycles. The second-order valence-corrected chi connectivity index (χ2v) is 2.95. The molecule has 0 aliphatic carbocycles. The van der Waals surface area contributed by atoms with E-state index in [1.165, 1.54) is 0 Å². The summed E-state index contributed by atoms with van der Waals surface area (Å²) in [6.07, 6.45) is 3.82. The van der Waals surface area contributed by atoms with Gasteiger partial charge in [0.1, 0.15) is 0 Å². The molecule has 0 rings (SSSR count). The van der Waals surface area contributed by atoms with Gasteiger partial charge in [-0.2, -0.15) is 0 Å². The molecule has 0 aromatic carbocycles. The highest BCUT2D eigenvalue weighted by Crippen LogP contribution is 2.05. The largest absolute Gasteiger partial charge is 0.474 e. The molecule has 0 aromatic heterocycles. The second-order valence-electron chi connectivity index (χ2n) is 2.95. The van der Waals surface area contributed by atoms with E-state index in [1.807, 2.05) is 20.8 Å². The van der Waals surface area contributed by atoms with E-state index >= 15 is 0 Å². The van der Waals surface area contributed by atoms with Gasteiger partial charge in [-0.05, 0) is 25.8 Å². The van der Waals surface area contributed by atoms with E-state index in [0.29, 0.717) is 5.90 Å². The van der Waals surface area contributed by atoms with Gasteiger partial charge in [0.05, 0.1) is 6.10 Å². The maximum atomic E-state index is 5.58. The first-order valence-electron chi connectivity index (χ1n) is 5.67. The lowest BCUT2D eigenvalue weighted by molar-refractivity contribution is 0.181. The molecule has 0 aromatic rings. The molecule has 2 nitrogen and oxygen atoms in total. The number of nitrogens with zero attached hydrogens (tertiary/aromatic N) is 1. The summed E-state index contributed by atoms with van der Waals surface area (Å²) in [6, 6.07) is 0. The highest BCUT2D eigenvalue weighted by molar-refractivity contribution is 5.87. The normalized spacial score (nSPS) is 10.4. The minimum Gasteiger partial charge on any atom is -0.474 e. The Morgan fingerprint density at radius 1 is 1.33 bits per heavy atom. The maximum Gasteiger partial charge on any atom is 0.213 e. The van der Waals surface area contributed by atoms with Gasteiger partial charge in [-0.25, -0.2) is 4.99 Å². The molecule has 0 fully saturated rings. The van der Waals surface area contributed by atoms with Crippen LogP contribution >= 0.6 is 0 Å². The summed E-state index contributed by atoms with van der Waals surface area (Å²) in [7, 11) is 0. The predicted molar refractivity (Wildman–Crippen MR) is 69.2 cm³/mol. The van der Waals surface area contributed by atoms with E-state index in [-0.39, 0.29) is 6.10 Å². The van der Waals surface area contributed by atoms with Crippen molar-refractivity contribution in [2.45, 2.75) is 53.6 Å². The molecular formula is C13H25NO. The second kappa shape index (κ2) is 11.0. The van der Waals surface area contributed by atoms with Crippen molar-refractivity contribution in [3.05, 3.63) is 24.9 Å². The standard InChI is InChI=1S/C11H19NO.C2H6/c1-6-10(7-2)13-11(8-3)12-9(4)5;1-2/h8,10H,3-4,6-7H2,1-2,5H3;1-2H3. The minimum atomic E-state index is 0.232. The molecule has 0 saturated carbocycles. The van der Waals surface area contributed by atoms with Crippen LogP contribution in [0.2, 0.25) is 0 Å². The summed E-state index contributed by atoms with van der Waals surface area (Å²) >= 11 is 0. The summed E-state index contributed by atoms with van der Waals surface area (Å²) in [4.78, 5) is 4.11. The molecule has 0 atom stereocenters. The number of hydrogen-bond donors (Lipinski definition) is 0. The van der Waals surface area contributed by atoms with Gasteiger partial charge in [-0.15, -0.1) is 0 Å². The van der Waals surface area contributed by atoms with Crippen LogP contribution in [0.5, 0.6) is 0 Å². The van der Waals surface area contributed by atoms with Crippen LogP contribution in [-0.2, 0) is 4.74 Å². The molecule has 0 spiro atoms. The third-order valence-electron chi connectivity index (χ3n) is 1.67. The Morgan fingerprint density at radius 2 is 1.80 bits per heavy atom. The first kappa shape index (κ1) is 16.4. The van der Waals surface area contributed by atoms with Crippen LogP contribution in [0, 0.1) is 0 Å². The van der Waals surface area contributed by atoms with Gasteiger partial charge in [0, 0.05) is 5.70 Å². The third-order valence-corrected chi connectivity index (χ3v) is 1.67. The molecule has 15 heavy (non-hydrogen) atoms. The zero-order valence-corrected chi connectivity index (χ0v) is 10.8. The van der Waals surface area contributed by atoms with Gasteiger partial charge >= 0.3 is 0 Å². The number of aliphatic imine (C=N–C) groups is 1. The number of hydrogen-bond acceptors (Lipinski definition) is 2. The topological polar surface area (TPSA) is 21.6 Å². The first-order chi connectivity index (χ1) is 7.13. The van der Waals surface area contributed by atoms with Gasteiger partial charge in [-0.3, -0.25) is 0 Å². The van der Waals surface area contributed by atoms with Crippen LogP contribution in [0.4, 0.5) is 0 Å². The van der Waals surface area contributed by atoms with Crippen LogP contribution < -0.4 is 0 Å². The van der Waals surface area contributed by atoms with Gasteiger partial charge in [0.15, 0.2) is 0 Å². The number of rotatable bonds is 5. The summed E-state index contributed by atoms with van der Waals surface area (Å²) in [6.45, 7) is 17.3. The Morgan fingerprint density at radius 3 is 2.07 bits per heavy atom. The zero-order valence-electron chi connectivity index (χ0n) is 10.8. The highest BCUT2D eigenvalue weighted by atomic mass is 16.5. The van der Waals surface area contributed by atoms with E-state index in [0.717, 1.165) is 18.5 Å². The highest BCUT2D eigenvalue weighted by Gasteiger charge is 2.05. The Kier molecular flexibility index (Phi) is 12.0. The van der Waals surface area contributed by atoms with Gasteiger partial charge in [0.25, 0.3) is 0 Å². The van der Waals surface area contributed by atoms with Gasteiger partial charge in [0.2, 0.25) is 5.90 Å². The molecular weight excluding hydrogens is 186 g/mol. The smallest absolute Gasteiger partial charge is 0.213 e. The lowest BCUT2D eigenvalue weighted by atomic mass is 10.2. The summed E-state index contributed by atoms with van der Waals surface area (Å²) in [5.41, 5.74) is 0.737. The Balaban J connectivity index is 0. The Labute approximate surface area is 94.8 Å². The van der Waals surface area contributed by atoms with Crippen molar-refractivity contribution in [1.29, 1.82) is 0 Å². The number of ether oxygens (including phenoxy) is 1. The van der Waals surface area contributed by atoms with Crippen molar-refractivity contribution < 1.29 is 4.74 Å². The van der Waals surface area contributed by atoms with E-state index in [2.05, 4.69) is 32.0 Å². The van der Waals surface area contributed by atoms with Crippen molar-refractivity contribution in [2.24, 2.45) is 4.99 Å². The van der Waals surface area contributed by atoms with Crippen LogP contribution in [0.1, 0.15) is 47.5 Å². The van der Waals surface area contributed by atoms with Crippen LogP contribution in [0.25, 0.3) is 0 Å². The Bertz CT molecular complexity index is 203. The summed E-state index contributed by atoms with van der Waals surface area (Å²) in [5.74, 6) is 0.571. The van der Waals surface area contributed by atoms with Crippen molar-refractivity contribution in [3.63, 3.8) is 0 Å². The average molecular weight is 211 g/mol. The van der Waals surface area contributed by atoms with Crippen molar-refractivity contribution >= 4 is 5.90 Å². The van der Waals surface area contributed by atoms with Crippen LogP contribution in [0.3, 0.4) is 0 Å². The quantitative estimate of drug-likeness (QED) is 0.490. The molecule has 0 bridgehead atoms. The van der Waals surface area contributed by atoms with Crippen molar-refractivity contribution in [2.75, 3.05) is 0 Å². The summed E-state index contributed by atoms with van der Waals surface area (Å²) < 4.78 is 5.58. The van der Waals surface area contributed by atoms with Gasteiger partial charge in [-0.1, -0.05) is 40.9 Å². The summed E-state index contributed by atoms with van der Waals surface area (Å²) in [5, 5.41) is 0. The molecule has 2 heteroatoms. The van der Waals surface area contributed by atoms with Crippen molar-refractivity contribution in [1.82, 2.24) is 0 Å². The monoisotopic (exact) mass is 211 g/mol. The fourth-order valence-corrected chi connectivity index (χ4v) is 0.934. The first-order valence-corrected chi connectivity index (χ1v) is 5.67. The third kappa shape index (κ3) is 9.26. The van der Waals surface area contributed by atoms with Gasteiger partial charge < -0.3 is 4.74 Å². The SMILES string of the molecule is C=CC(=NC(=C)C)OC(CC)CC.CC. The predicted octanol–water partition coefficient (Wildman–Crippen LogP) is 4.34. The lowest BCUT2D eigenvalue weighted by Crippen LogP contribution is -2.14. The fraction of sp³-hybridized carbons (Fsp3) is 0.615. The average Bonchev–Trinajstić information content (AvgIpc) is 2.26. The fourth-order valence-electron chi connectivity index (χ4n) is 0.934. The molecule has 0 radical (unpaired) electrons. The molecule has 0 unspecified atom stereocenters. The van der Waals surface area contributed by atoms with Crippen LogP contribution in [0.15, 0.2) is 29.9 Å². The lowest BCUT2D eigenvalue weighted by Gasteiger charge is -2.14. The molecule has 0 aliphatic rings. The molecule has 0 amide bonds. The number of allylic oxidation sites excluding steroid dienone is 1. The van der Waals surface area contributed by atoms with E-state index in [1.54, 1.807) is 6.08 Å². The minimum absolute atomic E-state index is 0.232. The van der Waals surface area contributed by atoms with E-state index < -0.39 is 0 Å². The maximum absolute atomic E-state index is 5.58. The Hall–Kier alpha value is -1.05.